The molecule has 15 heavy (non-hydrogen) atoms. The van der Waals surface area contributed by atoms with Gasteiger partial charge in [0.15, 0.2) is 5.65 Å². The van der Waals surface area contributed by atoms with Crippen LogP contribution in [0, 0.1) is 0 Å². The van der Waals surface area contributed by atoms with Crippen LogP contribution in [0.5, 0.6) is 0 Å². The second kappa shape index (κ2) is 3.51. The smallest absolute Gasteiger partial charge is 0.155 e. The molecule has 2 aromatic rings. The zero-order chi connectivity index (χ0) is 10.1. The fourth-order valence-corrected chi connectivity index (χ4v) is 1.91. The Morgan fingerprint density at radius 1 is 1.47 bits per heavy atom. The minimum absolute atomic E-state index is 0.394. The van der Waals surface area contributed by atoms with Gasteiger partial charge in [-0.3, -0.25) is 5.32 Å². The molecule has 78 valence electrons. The molecule has 0 bridgehead atoms. The average Bonchev–Trinajstić information content (AvgIpc) is 2.87. The Labute approximate surface area is 87.5 Å². The molecule has 1 aliphatic heterocycles. The van der Waals surface area contributed by atoms with E-state index in [-0.39, 0.29) is 0 Å². The maximum Gasteiger partial charge on any atom is 0.155 e. The van der Waals surface area contributed by atoms with E-state index in [1.54, 1.807) is 10.8 Å². The van der Waals surface area contributed by atoms with Gasteiger partial charge in [0.05, 0.1) is 18.1 Å². The van der Waals surface area contributed by atoms with Crippen molar-refractivity contribution in [3.05, 3.63) is 24.7 Å². The fourth-order valence-electron chi connectivity index (χ4n) is 1.91. The molecule has 3 rings (SSSR count). The fraction of sp³-hybridized carbons (Fsp3) is 0.400. The Hall–Kier alpha value is -1.62. The number of hydrogen-bond donors (Lipinski definition) is 2. The van der Waals surface area contributed by atoms with Gasteiger partial charge in [0.25, 0.3) is 0 Å². The number of anilines is 1. The van der Waals surface area contributed by atoms with Crippen LogP contribution in [0.1, 0.15) is 12.8 Å². The summed E-state index contributed by atoms with van der Waals surface area (Å²) in [5.41, 5.74) is 1.95. The molecular formula is C10H13N5. The van der Waals surface area contributed by atoms with E-state index >= 15 is 0 Å². The van der Waals surface area contributed by atoms with Gasteiger partial charge in [-0.25, -0.2) is 9.50 Å². The molecule has 3 heterocycles. The highest BCUT2D eigenvalue weighted by Gasteiger charge is 2.13. The molecule has 0 amide bonds. The van der Waals surface area contributed by atoms with Gasteiger partial charge in [0.1, 0.15) is 6.33 Å². The monoisotopic (exact) mass is 203 g/mol. The summed E-state index contributed by atoms with van der Waals surface area (Å²) >= 11 is 0. The summed E-state index contributed by atoms with van der Waals surface area (Å²) in [7, 11) is 0. The highest BCUT2D eigenvalue weighted by atomic mass is 15.3. The largest absolute Gasteiger partial charge is 0.369 e. The van der Waals surface area contributed by atoms with Crippen molar-refractivity contribution in [1.82, 2.24) is 19.9 Å². The zero-order valence-corrected chi connectivity index (χ0v) is 8.35. The Balaban J connectivity index is 1.84. The third-order valence-electron chi connectivity index (χ3n) is 2.68. The van der Waals surface area contributed by atoms with Crippen molar-refractivity contribution in [2.24, 2.45) is 0 Å². The molecule has 0 radical (unpaired) electrons. The highest BCUT2D eigenvalue weighted by molar-refractivity contribution is 5.49. The first-order valence-corrected chi connectivity index (χ1v) is 5.21. The lowest BCUT2D eigenvalue weighted by Gasteiger charge is -2.13. The molecule has 1 unspecified atom stereocenters. The average molecular weight is 203 g/mol. The van der Waals surface area contributed by atoms with Crippen LogP contribution < -0.4 is 10.6 Å². The molecule has 5 nitrogen and oxygen atoms in total. The quantitative estimate of drug-likeness (QED) is 0.759. The van der Waals surface area contributed by atoms with Crippen LogP contribution in [-0.2, 0) is 0 Å². The molecule has 1 atom stereocenters. The molecule has 5 heteroatoms. The first-order chi connectivity index (χ1) is 7.42. The summed E-state index contributed by atoms with van der Waals surface area (Å²) in [6.07, 6.45) is 6.33. The maximum absolute atomic E-state index is 4.10. The van der Waals surface area contributed by atoms with Crippen molar-refractivity contribution in [3.8, 4) is 0 Å². The standard InChI is InChI=1S/C10H13N5/c1-2-9(11-5-1)14-8-3-4-10-12-7-13-15(10)6-8/h3-4,6-7,9,11,14H,1-2,5H2. The van der Waals surface area contributed by atoms with Gasteiger partial charge in [-0.2, -0.15) is 5.10 Å². The molecule has 2 N–H and O–H groups in total. The van der Waals surface area contributed by atoms with E-state index < -0.39 is 0 Å². The number of hydrogen-bond acceptors (Lipinski definition) is 4. The van der Waals surface area contributed by atoms with Gasteiger partial charge in [-0.15, -0.1) is 0 Å². The van der Waals surface area contributed by atoms with E-state index in [2.05, 4.69) is 20.7 Å². The van der Waals surface area contributed by atoms with Crippen molar-refractivity contribution in [2.45, 2.75) is 19.0 Å². The van der Waals surface area contributed by atoms with Crippen molar-refractivity contribution < 1.29 is 0 Å². The van der Waals surface area contributed by atoms with Crippen LogP contribution in [-0.4, -0.2) is 27.3 Å². The SMILES string of the molecule is c1nc2ccc(NC3CCCN3)cn2n1. The molecule has 1 saturated heterocycles. The number of aromatic nitrogens is 3. The zero-order valence-electron chi connectivity index (χ0n) is 8.35. The lowest BCUT2D eigenvalue weighted by molar-refractivity contribution is 0.678. The predicted octanol–water partition coefficient (Wildman–Crippen LogP) is 0.851. The van der Waals surface area contributed by atoms with Gasteiger partial charge in [-0.1, -0.05) is 0 Å². The van der Waals surface area contributed by atoms with Crippen molar-refractivity contribution in [3.63, 3.8) is 0 Å². The number of pyridine rings is 1. The molecule has 0 aliphatic carbocycles. The van der Waals surface area contributed by atoms with Gasteiger partial charge >= 0.3 is 0 Å². The van der Waals surface area contributed by atoms with Crippen LogP contribution in [0.2, 0.25) is 0 Å². The Bertz CT molecular complexity index is 458. The van der Waals surface area contributed by atoms with Gasteiger partial charge in [-0.05, 0) is 31.5 Å². The van der Waals surface area contributed by atoms with Crippen LogP contribution in [0.15, 0.2) is 24.7 Å². The second-order valence-corrected chi connectivity index (χ2v) is 3.77. The van der Waals surface area contributed by atoms with Gasteiger partial charge in [0, 0.05) is 0 Å². The van der Waals surface area contributed by atoms with E-state index in [0.29, 0.717) is 6.17 Å². The molecular weight excluding hydrogens is 190 g/mol. The minimum Gasteiger partial charge on any atom is -0.369 e. The minimum atomic E-state index is 0.394. The third-order valence-corrected chi connectivity index (χ3v) is 2.68. The second-order valence-electron chi connectivity index (χ2n) is 3.77. The van der Waals surface area contributed by atoms with E-state index in [0.717, 1.165) is 17.9 Å². The predicted molar refractivity (Wildman–Crippen MR) is 57.6 cm³/mol. The van der Waals surface area contributed by atoms with E-state index in [1.165, 1.54) is 12.8 Å². The normalized spacial score (nSPS) is 20.9. The van der Waals surface area contributed by atoms with E-state index in [9.17, 15) is 0 Å². The van der Waals surface area contributed by atoms with Crippen LogP contribution >= 0.6 is 0 Å². The maximum atomic E-state index is 4.10. The summed E-state index contributed by atoms with van der Waals surface area (Å²) in [6.45, 7) is 1.10. The highest BCUT2D eigenvalue weighted by Crippen LogP contribution is 2.12. The summed E-state index contributed by atoms with van der Waals surface area (Å²) in [5.74, 6) is 0. The summed E-state index contributed by atoms with van der Waals surface area (Å²) in [4.78, 5) is 4.10. The van der Waals surface area contributed by atoms with E-state index in [4.69, 9.17) is 0 Å². The van der Waals surface area contributed by atoms with Crippen molar-refractivity contribution in [1.29, 1.82) is 0 Å². The summed E-state index contributed by atoms with van der Waals surface area (Å²) in [6, 6.07) is 3.99. The van der Waals surface area contributed by atoms with Crippen LogP contribution in [0.25, 0.3) is 5.65 Å². The first-order valence-electron chi connectivity index (χ1n) is 5.21. The molecule has 1 aliphatic rings. The number of nitrogens with zero attached hydrogens (tertiary/aromatic N) is 3. The van der Waals surface area contributed by atoms with Crippen molar-refractivity contribution >= 4 is 11.3 Å². The lowest BCUT2D eigenvalue weighted by Crippen LogP contribution is -2.29. The Morgan fingerprint density at radius 2 is 2.47 bits per heavy atom. The van der Waals surface area contributed by atoms with Gasteiger partial charge < -0.3 is 5.32 Å². The number of fused-ring (bicyclic) bond motifs is 1. The number of nitrogens with one attached hydrogen (secondary N) is 2. The molecule has 0 saturated carbocycles. The molecule has 1 fully saturated rings. The Morgan fingerprint density at radius 3 is 3.33 bits per heavy atom. The summed E-state index contributed by atoms with van der Waals surface area (Å²) < 4.78 is 1.78. The Kier molecular flexibility index (Phi) is 2.03. The summed E-state index contributed by atoms with van der Waals surface area (Å²) in [5, 5.41) is 10.9. The first kappa shape index (κ1) is 8.67. The topological polar surface area (TPSA) is 54.2 Å². The molecule has 0 aromatic carbocycles. The lowest BCUT2D eigenvalue weighted by atomic mass is 10.3. The molecule has 2 aromatic heterocycles. The molecule has 0 spiro atoms. The van der Waals surface area contributed by atoms with Crippen LogP contribution in [0.4, 0.5) is 5.69 Å². The van der Waals surface area contributed by atoms with E-state index in [1.807, 2.05) is 18.3 Å². The number of rotatable bonds is 2. The van der Waals surface area contributed by atoms with Crippen LogP contribution in [0.3, 0.4) is 0 Å². The third kappa shape index (κ3) is 1.66. The van der Waals surface area contributed by atoms with Crippen molar-refractivity contribution in [2.75, 3.05) is 11.9 Å². The van der Waals surface area contributed by atoms with Gasteiger partial charge in [0.2, 0.25) is 0 Å².